The molecule has 2 unspecified atom stereocenters. The maximum absolute atomic E-state index is 5.96. The molecule has 1 spiro atoms. The highest BCUT2D eigenvalue weighted by molar-refractivity contribution is 5.08. The molecular formula is C15H29NO2. The van der Waals surface area contributed by atoms with Crippen LogP contribution >= 0.6 is 0 Å². The van der Waals surface area contributed by atoms with Crippen molar-refractivity contribution in [2.75, 3.05) is 26.9 Å². The highest BCUT2D eigenvalue weighted by atomic mass is 16.5. The van der Waals surface area contributed by atoms with E-state index in [2.05, 4.69) is 12.2 Å². The molecule has 3 nitrogen and oxygen atoms in total. The molecule has 0 bridgehead atoms. The lowest BCUT2D eigenvalue weighted by Gasteiger charge is -2.58. The van der Waals surface area contributed by atoms with Gasteiger partial charge in [-0.1, -0.05) is 19.3 Å². The smallest absolute Gasteiger partial charge is 0.0661 e. The van der Waals surface area contributed by atoms with Gasteiger partial charge in [0.2, 0.25) is 0 Å². The summed E-state index contributed by atoms with van der Waals surface area (Å²) in [7, 11) is 1.77. The molecule has 18 heavy (non-hydrogen) atoms. The molecule has 0 aromatic heterocycles. The standard InChI is InChI=1S/C15H29NO2/c1-3-18-14-12-13(16-10-7-11-17-2)15(14)8-5-4-6-9-15/h13-14,16H,3-12H2,1-2H3. The summed E-state index contributed by atoms with van der Waals surface area (Å²) in [5.41, 5.74) is 0.460. The molecule has 106 valence electrons. The monoisotopic (exact) mass is 255 g/mol. The summed E-state index contributed by atoms with van der Waals surface area (Å²) in [4.78, 5) is 0. The van der Waals surface area contributed by atoms with Crippen LogP contribution in [0.15, 0.2) is 0 Å². The summed E-state index contributed by atoms with van der Waals surface area (Å²) in [6.07, 6.45) is 9.75. The fourth-order valence-electron chi connectivity index (χ4n) is 3.84. The van der Waals surface area contributed by atoms with Crippen LogP contribution in [0.1, 0.15) is 51.9 Å². The number of hydrogen-bond donors (Lipinski definition) is 1. The van der Waals surface area contributed by atoms with E-state index in [1.54, 1.807) is 7.11 Å². The lowest BCUT2D eigenvalue weighted by Crippen LogP contribution is -2.64. The summed E-state index contributed by atoms with van der Waals surface area (Å²) in [5.74, 6) is 0. The zero-order chi connectivity index (χ0) is 12.8. The maximum atomic E-state index is 5.96. The molecule has 0 aromatic carbocycles. The molecule has 1 N–H and O–H groups in total. The molecule has 0 amide bonds. The first-order chi connectivity index (χ1) is 8.83. The van der Waals surface area contributed by atoms with E-state index < -0.39 is 0 Å². The van der Waals surface area contributed by atoms with Crippen LogP contribution in [-0.4, -0.2) is 39.0 Å². The Morgan fingerprint density at radius 1 is 1.22 bits per heavy atom. The van der Waals surface area contributed by atoms with Gasteiger partial charge in [-0.05, 0) is 39.2 Å². The van der Waals surface area contributed by atoms with Gasteiger partial charge in [-0.15, -0.1) is 0 Å². The predicted octanol–water partition coefficient (Wildman–Crippen LogP) is 2.74. The van der Waals surface area contributed by atoms with E-state index in [1.807, 2.05) is 0 Å². The summed E-state index contributed by atoms with van der Waals surface area (Å²) in [6, 6.07) is 0.686. The molecule has 0 saturated heterocycles. The zero-order valence-electron chi connectivity index (χ0n) is 12.0. The lowest BCUT2D eigenvalue weighted by molar-refractivity contribution is -0.149. The second-order valence-corrected chi connectivity index (χ2v) is 5.83. The fraction of sp³-hybridized carbons (Fsp3) is 1.00. The Balaban J connectivity index is 1.82. The third-order valence-electron chi connectivity index (χ3n) is 4.85. The van der Waals surface area contributed by atoms with Gasteiger partial charge in [-0.3, -0.25) is 0 Å². The van der Waals surface area contributed by atoms with Crippen molar-refractivity contribution in [2.24, 2.45) is 5.41 Å². The first kappa shape index (κ1) is 14.3. The van der Waals surface area contributed by atoms with Crippen LogP contribution in [0.2, 0.25) is 0 Å². The van der Waals surface area contributed by atoms with Crippen molar-refractivity contribution in [3.8, 4) is 0 Å². The van der Waals surface area contributed by atoms with Crippen molar-refractivity contribution in [1.29, 1.82) is 0 Å². The zero-order valence-corrected chi connectivity index (χ0v) is 12.0. The molecule has 2 aliphatic rings. The number of hydrogen-bond acceptors (Lipinski definition) is 3. The molecule has 3 heteroatoms. The molecule has 2 atom stereocenters. The predicted molar refractivity (Wildman–Crippen MR) is 73.8 cm³/mol. The second kappa shape index (κ2) is 6.88. The van der Waals surface area contributed by atoms with Crippen molar-refractivity contribution in [3.63, 3.8) is 0 Å². The van der Waals surface area contributed by atoms with Crippen molar-refractivity contribution < 1.29 is 9.47 Å². The summed E-state index contributed by atoms with van der Waals surface area (Å²) < 4.78 is 11.1. The van der Waals surface area contributed by atoms with Crippen LogP contribution in [0, 0.1) is 5.41 Å². The van der Waals surface area contributed by atoms with E-state index in [-0.39, 0.29) is 0 Å². The third kappa shape index (κ3) is 2.89. The highest BCUT2D eigenvalue weighted by Crippen LogP contribution is 2.53. The van der Waals surface area contributed by atoms with Crippen molar-refractivity contribution >= 4 is 0 Å². The fourth-order valence-corrected chi connectivity index (χ4v) is 3.84. The number of ether oxygens (including phenoxy) is 2. The minimum absolute atomic E-state index is 0.460. The Morgan fingerprint density at radius 3 is 2.67 bits per heavy atom. The maximum Gasteiger partial charge on any atom is 0.0661 e. The molecule has 2 aliphatic carbocycles. The van der Waals surface area contributed by atoms with Gasteiger partial charge < -0.3 is 14.8 Å². The molecule has 0 heterocycles. The summed E-state index contributed by atoms with van der Waals surface area (Å²) in [5, 5.41) is 3.74. The van der Waals surface area contributed by atoms with Crippen LogP contribution in [-0.2, 0) is 9.47 Å². The van der Waals surface area contributed by atoms with E-state index in [4.69, 9.17) is 9.47 Å². The van der Waals surface area contributed by atoms with Gasteiger partial charge in [0.1, 0.15) is 0 Å². The Morgan fingerprint density at radius 2 is 2.00 bits per heavy atom. The highest BCUT2D eigenvalue weighted by Gasteiger charge is 2.55. The summed E-state index contributed by atoms with van der Waals surface area (Å²) >= 11 is 0. The molecule has 2 saturated carbocycles. The minimum atomic E-state index is 0.460. The van der Waals surface area contributed by atoms with Gasteiger partial charge in [0.25, 0.3) is 0 Å². The topological polar surface area (TPSA) is 30.5 Å². The van der Waals surface area contributed by atoms with Gasteiger partial charge in [0, 0.05) is 31.8 Å². The van der Waals surface area contributed by atoms with Gasteiger partial charge in [-0.2, -0.15) is 0 Å². The average Bonchev–Trinajstić information content (AvgIpc) is 2.42. The lowest BCUT2D eigenvalue weighted by atomic mass is 9.55. The number of methoxy groups -OCH3 is 1. The molecule has 0 aliphatic heterocycles. The van der Waals surface area contributed by atoms with Gasteiger partial charge in [0.15, 0.2) is 0 Å². The van der Waals surface area contributed by atoms with E-state index >= 15 is 0 Å². The third-order valence-corrected chi connectivity index (χ3v) is 4.85. The minimum Gasteiger partial charge on any atom is -0.385 e. The van der Waals surface area contributed by atoms with Crippen LogP contribution in [0.25, 0.3) is 0 Å². The van der Waals surface area contributed by atoms with Crippen molar-refractivity contribution in [3.05, 3.63) is 0 Å². The Kier molecular flexibility index (Phi) is 5.46. The largest absolute Gasteiger partial charge is 0.385 e. The quantitative estimate of drug-likeness (QED) is 0.710. The Bertz CT molecular complexity index is 239. The van der Waals surface area contributed by atoms with E-state index in [0.29, 0.717) is 17.6 Å². The van der Waals surface area contributed by atoms with Crippen LogP contribution in [0.3, 0.4) is 0 Å². The van der Waals surface area contributed by atoms with E-state index in [0.717, 1.165) is 26.2 Å². The van der Waals surface area contributed by atoms with Gasteiger partial charge in [0.05, 0.1) is 6.10 Å². The first-order valence-corrected chi connectivity index (χ1v) is 7.67. The molecule has 0 aromatic rings. The van der Waals surface area contributed by atoms with Crippen LogP contribution in [0.5, 0.6) is 0 Å². The Hall–Kier alpha value is -0.120. The van der Waals surface area contributed by atoms with Crippen molar-refractivity contribution in [2.45, 2.75) is 64.0 Å². The molecule has 2 rings (SSSR count). The molecular weight excluding hydrogens is 226 g/mol. The first-order valence-electron chi connectivity index (χ1n) is 7.67. The van der Waals surface area contributed by atoms with Gasteiger partial charge in [-0.25, -0.2) is 0 Å². The second-order valence-electron chi connectivity index (χ2n) is 5.83. The molecule has 2 fully saturated rings. The van der Waals surface area contributed by atoms with E-state index in [1.165, 1.54) is 38.5 Å². The summed E-state index contributed by atoms with van der Waals surface area (Å²) in [6.45, 7) is 4.93. The average molecular weight is 255 g/mol. The van der Waals surface area contributed by atoms with E-state index in [9.17, 15) is 0 Å². The SMILES string of the molecule is CCOC1CC(NCCCOC)C12CCCCC2. The van der Waals surface area contributed by atoms with Gasteiger partial charge >= 0.3 is 0 Å². The molecule has 0 radical (unpaired) electrons. The van der Waals surface area contributed by atoms with Crippen LogP contribution < -0.4 is 5.32 Å². The Labute approximate surface area is 112 Å². The number of rotatable bonds is 7. The van der Waals surface area contributed by atoms with Crippen molar-refractivity contribution in [1.82, 2.24) is 5.32 Å². The van der Waals surface area contributed by atoms with Crippen LogP contribution in [0.4, 0.5) is 0 Å². The number of nitrogens with one attached hydrogen (secondary N) is 1. The normalized spacial score (nSPS) is 30.3.